The van der Waals surface area contributed by atoms with Crippen LogP contribution in [0.15, 0.2) is 66.7 Å². The first-order valence-corrected chi connectivity index (χ1v) is 9.90. The van der Waals surface area contributed by atoms with Crippen molar-refractivity contribution in [1.82, 2.24) is 5.48 Å². The van der Waals surface area contributed by atoms with Gasteiger partial charge in [-0.2, -0.15) is 0 Å². The molecule has 2 amide bonds. The molecule has 5 nitrogen and oxygen atoms in total. The van der Waals surface area contributed by atoms with E-state index in [1.165, 1.54) is 12.1 Å². The Balaban J connectivity index is 1.74. The number of benzene rings is 3. The molecule has 0 saturated carbocycles. The molecule has 0 aromatic heterocycles. The largest absolute Gasteiger partial charge is 0.308 e. The van der Waals surface area contributed by atoms with Gasteiger partial charge in [-0.25, -0.2) is 9.87 Å². The van der Waals surface area contributed by atoms with E-state index in [0.717, 1.165) is 22.4 Å². The normalized spacial score (nSPS) is 13.1. The first-order valence-electron chi connectivity index (χ1n) is 9.90. The quantitative estimate of drug-likeness (QED) is 0.287. The van der Waals surface area contributed by atoms with Crippen LogP contribution < -0.4 is 10.4 Å². The van der Waals surface area contributed by atoms with Crippen LogP contribution in [0.25, 0.3) is 11.6 Å². The lowest BCUT2D eigenvalue weighted by molar-refractivity contribution is -0.113. The number of rotatable bonds is 4. The van der Waals surface area contributed by atoms with Gasteiger partial charge in [0.2, 0.25) is 0 Å². The van der Waals surface area contributed by atoms with Gasteiger partial charge in [-0.1, -0.05) is 42.0 Å². The van der Waals surface area contributed by atoms with Crippen molar-refractivity contribution in [3.8, 4) is 0 Å². The molecule has 1 aliphatic rings. The van der Waals surface area contributed by atoms with E-state index in [-0.39, 0.29) is 11.7 Å². The molecule has 0 aliphatic carbocycles. The van der Waals surface area contributed by atoms with Gasteiger partial charge in [0.05, 0.1) is 0 Å². The van der Waals surface area contributed by atoms with Crippen molar-refractivity contribution >= 4 is 29.2 Å². The maximum atomic E-state index is 13.7. The molecule has 0 bridgehead atoms. The Morgan fingerprint density at radius 2 is 1.77 bits per heavy atom. The van der Waals surface area contributed by atoms with E-state index in [1.807, 2.05) is 31.2 Å². The Labute approximate surface area is 179 Å². The molecule has 0 unspecified atom stereocenters. The number of nitrogens with one attached hydrogen (secondary N) is 1. The molecule has 1 aliphatic heterocycles. The van der Waals surface area contributed by atoms with E-state index in [4.69, 9.17) is 5.21 Å². The third-order valence-corrected chi connectivity index (χ3v) is 5.34. The predicted octanol–water partition coefficient (Wildman–Crippen LogP) is 4.38. The minimum atomic E-state index is -0.598. The average Bonchev–Trinajstić information content (AvgIpc) is 3.20. The molecule has 0 fully saturated rings. The highest BCUT2D eigenvalue weighted by Crippen LogP contribution is 2.32. The number of anilines is 1. The molecule has 3 aromatic rings. The van der Waals surface area contributed by atoms with Gasteiger partial charge in [-0.15, -0.1) is 0 Å². The van der Waals surface area contributed by atoms with Crippen LogP contribution in [0, 0.1) is 12.7 Å². The summed E-state index contributed by atoms with van der Waals surface area (Å²) in [4.78, 5) is 27.0. The first-order chi connectivity index (χ1) is 15.0. The van der Waals surface area contributed by atoms with Crippen LogP contribution in [-0.4, -0.2) is 23.6 Å². The van der Waals surface area contributed by atoms with E-state index in [1.54, 1.807) is 46.8 Å². The van der Waals surface area contributed by atoms with Crippen LogP contribution in [-0.2, 0) is 11.2 Å². The molecular weight excluding hydrogens is 395 g/mol. The number of halogens is 1. The van der Waals surface area contributed by atoms with Crippen molar-refractivity contribution in [3.05, 3.63) is 100 Å². The van der Waals surface area contributed by atoms with Crippen molar-refractivity contribution in [1.29, 1.82) is 0 Å². The summed E-state index contributed by atoms with van der Waals surface area (Å²) in [6.07, 6.45) is 2.29. The van der Waals surface area contributed by atoms with Crippen LogP contribution in [0.1, 0.15) is 32.6 Å². The summed E-state index contributed by atoms with van der Waals surface area (Å²) < 4.78 is 13.7. The van der Waals surface area contributed by atoms with Gasteiger partial charge < -0.3 is 4.90 Å². The lowest BCUT2D eigenvalue weighted by Gasteiger charge is -2.20. The molecule has 156 valence electrons. The van der Waals surface area contributed by atoms with Crippen molar-refractivity contribution in [3.63, 3.8) is 0 Å². The average molecular weight is 416 g/mol. The lowest BCUT2D eigenvalue weighted by Crippen LogP contribution is -2.29. The monoisotopic (exact) mass is 416 g/mol. The van der Waals surface area contributed by atoms with Gasteiger partial charge in [0.1, 0.15) is 5.82 Å². The zero-order valence-corrected chi connectivity index (χ0v) is 16.9. The zero-order valence-electron chi connectivity index (χ0n) is 16.9. The SMILES string of the molecule is Cc1ccc(/C(=C\c2cccc(F)c2)C(=O)N2CCc3cc(C(=O)NO)ccc32)cc1. The Hall–Kier alpha value is -3.77. The van der Waals surface area contributed by atoms with E-state index >= 15 is 0 Å². The highest BCUT2D eigenvalue weighted by molar-refractivity contribution is 6.30. The molecule has 1 heterocycles. The van der Waals surface area contributed by atoms with E-state index < -0.39 is 5.91 Å². The fraction of sp³-hybridized carbons (Fsp3) is 0.120. The molecule has 0 atom stereocenters. The summed E-state index contributed by atoms with van der Waals surface area (Å²) in [5.74, 6) is -1.17. The maximum Gasteiger partial charge on any atom is 0.274 e. The minimum Gasteiger partial charge on any atom is -0.308 e. The molecule has 0 radical (unpaired) electrons. The molecular formula is C25H21FN2O3. The number of nitrogens with zero attached hydrogens (tertiary/aromatic N) is 1. The second-order valence-electron chi connectivity index (χ2n) is 7.47. The smallest absolute Gasteiger partial charge is 0.274 e. The molecule has 2 N–H and O–H groups in total. The highest BCUT2D eigenvalue weighted by atomic mass is 19.1. The lowest BCUT2D eigenvalue weighted by atomic mass is 10.00. The summed E-state index contributed by atoms with van der Waals surface area (Å²) in [6, 6.07) is 18.7. The highest BCUT2D eigenvalue weighted by Gasteiger charge is 2.28. The van der Waals surface area contributed by atoms with Gasteiger partial charge in [-0.05, 0) is 66.4 Å². The number of fused-ring (bicyclic) bond motifs is 1. The van der Waals surface area contributed by atoms with Crippen molar-refractivity contribution in [2.45, 2.75) is 13.3 Å². The fourth-order valence-electron chi connectivity index (χ4n) is 3.73. The van der Waals surface area contributed by atoms with Crippen LogP contribution in [0.5, 0.6) is 0 Å². The molecule has 3 aromatic carbocycles. The standard InChI is InChI=1S/C25H21FN2O3/c1-16-5-7-18(8-6-16)22(14-17-3-2-4-21(26)13-17)25(30)28-12-11-19-15-20(24(29)27-31)9-10-23(19)28/h2-10,13-15,31H,11-12H2,1H3,(H,27,29)/b22-14+. The predicted molar refractivity (Wildman–Crippen MR) is 117 cm³/mol. The number of hydroxylamine groups is 1. The number of hydrogen-bond donors (Lipinski definition) is 2. The molecule has 0 saturated heterocycles. The fourth-order valence-corrected chi connectivity index (χ4v) is 3.73. The first kappa shape index (κ1) is 20.5. The summed E-state index contributed by atoms with van der Waals surface area (Å²) in [7, 11) is 0. The number of carbonyl (C=O) groups excluding carboxylic acids is 2. The summed E-state index contributed by atoms with van der Waals surface area (Å²) in [5.41, 5.74) is 6.38. The van der Waals surface area contributed by atoms with Gasteiger partial charge in [-0.3, -0.25) is 14.8 Å². The summed E-state index contributed by atoms with van der Waals surface area (Å²) >= 11 is 0. The number of carbonyl (C=O) groups is 2. The number of amides is 2. The number of hydrogen-bond acceptors (Lipinski definition) is 3. The van der Waals surface area contributed by atoms with Crippen LogP contribution in [0.3, 0.4) is 0 Å². The third-order valence-electron chi connectivity index (χ3n) is 5.34. The van der Waals surface area contributed by atoms with E-state index in [0.29, 0.717) is 29.7 Å². The summed E-state index contributed by atoms with van der Waals surface area (Å²) in [5, 5.41) is 8.86. The van der Waals surface area contributed by atoms with Crippen LogP contribution in [0.4, 0.5) is 10.1 Å². The molecule has 6 heteroatoms. The Morgan fingerprint density at radius 1 is 1.03 bits per heavy atom. The molecule has 4 rings (SSSR count). The van der Waals surface area contributed by atoms with Crippen molar-refractivity contribution < 1.29 is 19.2 Å². The molecule has 0 spiro atoms. The van der Waals surface area contributed by atoms with Crippen molar-refractivity contribution in [2.24, 2.45) is 0 Å². The second-order valence-corrected chi connectivity index (χ2v) is 7.47. The minimum absolute atomic E-state index is 0.203. The van der Waals surface area contributed by atoms with Crippen molar-refractivity contribution in [2.75, 3.05) is 11.4 Å². The van der Waals surface area contributed by atoms with E-state index in [2.05, 4.69) is 0 Å². The Morgan fingerprint density at radius 3 is 2.48 bits per heavy atom. The van der Waals surface area contributed by atoms with Crippen LogP contribution >= 0.6 is 0 Å². The van der Waals surface area contributed by atoms with Gasteiger partial charge in [0.25, 0.3) is 11.8 Å². The maximum absolute atomic E-state index is 13.7. The van der Waals surface area contributed by atoms with Gasteiger partial charge in [0.15, 0.2) is 0 Å². The van der Waals surface area contributed by atoms with Gasteiger partial charge in [0, 0.05) is 23.4 Å². The summed E-state index contributed by atoms with van der Waals surface area (Å²) in [6.45, 7) is 2.43. The Bertz CT molecular complexity index is 1190. The van der Waals surface area contributed by atoms with Crippen LogP contribution in [0.2, 0.25) is 0 Å². The zero-order chi connectivity index (χ0) is 22.0. The van der Waals surface area contributed by atoms with E-state index in [9.17, 15) is 14.0 Å². The third kappa shape index (κ3) is 4.25. The number of aryl methyl sites for hydroxylation is 1. The second kappa shape index (κ2) is 8.53. The molecule has 31 heavy (non-hydrogen) atoms. The Kier molecular flexibility index (Phi) is 5.64. The topological polar surface area (TPSA) is 69.6 Å². The van der Waals surface area contributed by atoms with Gasteiger partial charge >= 0.3 is 0 Å².